The molecule has 2 nitrogen and oxygen atoms in total. The highest BCUT2D eigenvalue weighted by Crippen LogP contribution is 2.21. The fourth-order valence-electron chi connectivity index (χ4n) is 1.46. The quantitative estimate of drug-likeness (QED) is 0.717. The van der Waals surface area contributed by atoms with Crippen molar-refractivity contribution >= 4 is 11.3 Å². The number of nitrogens with one attached hydrogen (secondary N) is 1. The van der Waals surface area contributed by atoms with Gasteiger partial charge in [-0.05, 0) is 18.4 Å². The summed E-state index contributed by atoms with van der Waals surface area (Å²) in [7, 11) is 0. The molecule has 12 heavy (non-hydrogen) atoms. The molecule has 2 unspecified atom stereocenters. The second-order valence-corrected chi connectivity index (χ2v) is 4.15. The molecule has 0 spiro atoms. The van der Waals surface area contributed by atoms with Crippen LogP contribution >= 0.6 is 11.3 Å². The van der Waals surface area contributed by atoms with E-state index in [2.05, 4.69) is 29.8 Å². The predicted molar refractivity (Wildman–Crippen MR) is 50.5 cm³/mol. The number of hydrogen-bond acceptors (Lipinski definition) is 3. The second kappa shape index (κ2) is 3.56. The topological polar surface area (TPSA) is 21.3 Å². The van der Waals surface area contributed by atoms with Crippen molar-refractivity contribution in [2.75, 3.05) is 13.2 Å². The van der Waals surface area contributed by atoms with Crippen molar-refractivity contribution in [1.29, 1.82) is 0 Å². The molecule has 2 heterocycles. The van der Waals surface area contributed by atoms with Crippen LogP contribution in [0.5, 0.6) is 0 Å². The lowest BCUT2D eigenvalue weighted by molar-refractivity contribution is 0.0514. The van der Waals surface area contributed by atoms with Crippen LogP contribution in [0.1, 0.15) is 17.8 Å². The highest BCUT2D eigenvalue weighted by atomic mass is 32.1. The first-order valence-corrected chi connectivity index (χ1v) is 5.11. The summed E-state index contributed by atoms with van der Waals surface area (Å²) in [4.78, 5) is 1.38. The van der Waals surface area contributed by atoms with Crippen LogP contribution in [0, 0.1) is 0 Å². The standard InChI is InChI=1S/C9H13NOS/c1-7-5-11-6-8(10-7)9-3-2-4-12-9/h2-4,7-8,10H,5-6H2,1H3. The summed E-state index contributed by atoms with van der Waals surface area (Å²) in [6, 6.07) is 5.13. The first-order valence-electron chi connectivity index (χ1n) is 4.23. The monoisotopic (exact) mass is 183 g/mol. The van der Waals surface area contributed by atoms with E-state index in [0.717, 1.165) is 13.2 Å². The molecule has 0 aliphatic carbocycles. The summed E-state index contributed by atoms with van der Waals surface area (Å²) in [6.07, 6.45) is 0. The van der Waals surface area contributed by atoms with Gasteiger partial charge in [-0.2, -0.15) is 0 Å². The maximum Gasteiger partial charge on any atom is 0.0670 e. The first-order chi connectivity index (χ1) is 5.86. The molecule has 0 aromatic carbocycles. The van der Waals surface area contributed by atoms with Crippen molar-refractivity contribution < 1.29 is 4.74 Å². The third kappa shape index (κ3) is 1.68. The van der Waals surface area contributed by atoms with E-state index in [1.54, 1.807) is 11.3 Å². The highest BCUT2D eigenvalue weighted by molar-refractivity contribution is 7.10. The maximum atomic E-state index is 5.46. The third-order valence-electron chi connectivity index (χ3n) is 2.02. The molecule has 1 N–H and O–H groups in total. The fraction of sp³-hybridized carbons (Fsp3) is 0.556. The Hall–Kier alpha value is -0.380. The highest BCUT2D eigenvalue weighted by Gasteiger charge is 2.19. The number of rotatable bonds is 1. The molecule has 1 aliphatic heterocycles. The molecule has 0 saturated carbocycles. The maximum absolute atomic E-state index is 5.46. The molecule has 0 bridgehead atoms. The third-order valence-corrected chi connectivity index (χ3v) is 3.01. The van der Waals surface area contributed by atoms with Gasteiger partial charge in [-0.1, -0.05) is 6.07 Å². The van der Waals surface area contributed by atoms with E-state index in [4.69, 9.17) is 4.74 Å². The molecular formula is C9H13NOS. The molecule has 1 aliphatic rings. The average Bonchev–Trinajstić information content (AvgIpc) is 2.56. The van der Waals surface area contributed by atoms with E-state index in [-0.39, 0.29) is 0 Å². The van der Waals surface area contributed by atoms with Crippen LogP contribution in [0.2, 0.25) is 0 Å². The van der Waals surface area contributed by atoms with Gasteiger partial charge in [0.25, 0.3) is 0 Å². The minimum atomic E-state index is 0.411. The zero-order chi connectivity index (χ0) is 8.39. The molecular weight excluding hydrogens is 170 g/mol. The summed E-state index contributed by atoms with van der Waals surface area (Å²) in [5.41, 5.74) is 0. The van der Waals surface area contributed by atoms with Crippen LogP contribution in [0.15, 0.2) is 17.5 Å². The Balaban J connectivity index is 2.04. The smallest absolute Gasteiger partial charge is 0.0670 e. The van der Waals surface area contributed by atoms with Crippen molar-refractivity contribution in [1.82, 2.24) is 5.32 Å². The van der Waals surface area contributed by atoms with Crippen LogP contribution in [-0.2, 0) is 4.74 Å². The summed E-state index contributed by atoms with van der Waals surface area (Å²) in [6.45, 7) is 3.80. The van der Waals surface area contributed by atoms with Gasteiger partial charge < -0.3 is 10.1 Å². The van der Waals surface area contributed by atoms with Crippen molar-refractivity contribution in [2.45, 2.75) is 19.0 Å². The molecule has 2 atom stereocenters. The van der Waals surface area contributed by atoms with Gasteiger partial charge in [-0.15, -0.1) is 11.3 Å². The van der Waals surface area contributed by atoms with Gasteiger partial charge in [-0.3, -0.25) is 0 Å². The van der Waals surface area contributed by atoms with Crippen molar-refractivity contribution in [3.8, 4) is 0 Å². The van der Waals surface area contributed by atoms with E-state index in [1.165, 1.54) is 4.88 Å². The molecule has 1 saturated heterocycles. The predicted octanol–water partition coefficient (Wildman–Crippen LogP) is 1.80. The van der Waals surface area contributed by atoms with Crippen molar-refractivity contribution in [3.63, 3.8) is 0 Å². The van der Waals surface area contributed by atoms with Gasteiger partial charge in [0.2, 0.25) is 0 Å². The van der Waals surface area contributed by atoms with Crippen LogP contribution < -0.4 is 5.32 Å². The number of hydrogen-bond donors (Lipinski definition) is 1. The molecule has 0 amide bonds. The summed E-state index contributed by atoms with van der Waals surface area (Å²) >= 11 is 1.79. The van der Waals surface area contributed by atoms with Crippen molar-refractivity contribution in [3.05, 3.63) is 22.4 Å². The Morgan fingerprint density at radius 1 is 1.58 bits per heavy atom. The zero-order valence-electron chi connectivity index (χ0n) is 7.12. The molecule has 2 rings (SSSR count). The lowest BCUT2D eigenvalue weighted by Crippen LogP contribution is -2.41. The van der Waals surface area contributed by atoms with E-state index >= 15 is 0 Å². The van der Waals surface area contributed by atoms with Gasteiger partial charge in [0.1, 0.15) is 0 Å². The van der Waals surface area contributed by atoms with Crippen LogP contribution in [0.3, 0.4) is 0 Å². The van der Waals surface area contributed by atoms with Gasteiger partial charge in [0.05, 0.1) is 19.3 Å². The Morgan fingerprint density at radius 3 is 3.17 bits per heavy atom. The molecule has 0 radical (unpaired) electrons. The minimum absolute atomic E-state index is 0.411. The van der Waals surface area contributed by atoms with Crippen LogP contribution in [-0.4, -0.2) is 19.3 Å². The SMILES string of the molecule is CC1COCC(c2cccs2)N1. The minimum Gasteiger partial charge on any atom is -0.378 e. The zero-order valence-corrected chi connectivity index (χ0v) is 7.93. The lowest BCUT2D eigenvalue weighted by Gasteiger charge is -2.28. The molecule has 1 aromatic heterocycles. The normalized spacial score (nSPS) is 30.4. The number of morpholine rings is 1. The number of ether oxygens (including phenoxy) is 1. The first kappa shape index (κ1) is 8.23. The van der Waals surface area contributed by atoms with Gasteiger partial charge in [0.15, 0.2) is 0 Å². The summed E-state index contributed by atoms with van der Waals surface area (Å²) < 4.78 is 5.46. The van der Waals surface area contributed by atoms with Gasteiger partial charge in [0, 0.05) is 10.9 Å². The van der Waals surface area contributed by atoms with Crippen LogP contribution in [0.25, 0.3) is 0 Å². The van der Waals surface area contributed by atoms with Gasteiger partial charge >= 0.3 is 0 Å². The molecule has 66 valence electrons. The van der Waals surface area contributed by atoms with Gasteiger partial charge in [-0.25, -0.2) is 0 Å². The average molecular weight is 183 g/mol. The van der Waals surface area contributed by atoms with E-state index in [0.29, 0.717) is 12.1 Å². The summed E-state index contributed by atoms with van der Waals surface area (Å²) in [5.74, 6) is 0. The van der Waals surface area contributed by atoms with E-state index in [9.17, 15) is 0 Å². The number of thiophene rings is 1. The van der Waals surface area contributed by atoms with E-state index in [1.807, 2.05) is 0 Å². The Labute approximate surface area is 76.6 Å². The Morgan fingerprint density at radius 2 is 2.50 bits per heavy atom. The Kier molecular flexibility index (Phi) is 2.44. The molecule has 1 aromatic rings. The largest absolute Gasteiger partial charge is 0.378 e. The second-order valence-electron chi connectivity index (χ2n) is 3.17. The lowest BCUT2D eigenvalue weighted by atomic mass is 10.2. The fourth-order valence-corrected chi connectivity index (χ4v) is 2.23. The van der Waals surface area contributed by atoms with Crippen molar-refractivity contribution in [2.24, 2.45) is 0 Å². The van der Waals surface area contributed by atoms with Crippen LogP contribution in [0.4, 0.5) is 0 Å². The Bertz CT molecular complexity index is 235. The molecule has 3 heteroatoms. The summed E-state index contributed by atoms with van der Waals surface area (Å²) in [5, 5.41) is 5.61. The molecule has 1 fully saturated rings. The van der Waals surface area contributed by atoms with E-state index < -0.39 is 0 Å².